The second kappa shape index (κ2) is 4.99. The van der Waals surface area contributed by atoms with Gasteiger partial charge in [-0.15, -0.1) is 0 Å². The zero-order valence-corrected chi connectivity index (χ0v) is 10.3. The van der Waals surface area contributed by atoms with Crippen LogP contribution in [0.3, 0.4) is 0 Å². The first-order chi connectivity index (χ1) is 5.77. The summed E-state index contributed by atoms with van der Waals surface area (Å²) in [6, 6.07) is 0. The predicted octanol–water partition coefficient (Wildman–Crippen LogP) is 3.12. The van der Waals surface area contributed by atoms with Gasteiger partial charge in [0.15, 0.2) is 0 Å². The Bertz CT molecular complexity index is 229. The first kappa shape index (κ1) is 12.9. The Hall–Kier alpha value is -0.0500. The van der Waals surface area contributed by atoms with Crippen LogP contribution in [0.2, 0.25) is 0 Å². The quantitative estimate of drug-likeness (QED) is 0.736. The van der Waals surface area contributed by atoms with E-state index in [1.165, 1.54) is 0 Å². The Kier molecular flexibility index (Phi) is 4.97. The fourth-order valence-electron chi connectivity index (χ4n) is 1.04. The normalized spacial score (nSPS) is 19.0. The monoisotopic (exact) mass is 205 g/mol. The van der Waals surface area contributed by atoms with E-state index in [1.807, 2.05) is 20.8 Å². The average Bonchev–Trinajstić information content (AvgIpc) is 1.99. The second-order valence-electron chi connectivity index (χ2n) is 4.56. The summed E-state index contributed by atoms with van der Waals surface area (Å²) in [4.78, 5) is 0. The molecule has 0 amide bonds. The number of nitrogens with one attached hydrogen (secondary N) is 1. The van der Waals surface area contributed by atoms with Gasteiger partial charge in [0.25, 0.3) is 0 Å². The topological polar surface area (TPSA) is 40.9 Å². The molecule has 0 aliphatic carbocycles. The molecule has 0 aliphatic heterocycles. The summed E-state index contributed by atoms with van der Waals surface area (Å²) in [7, 11) is -2.35. The third-order valence-corrected chi connectivity index (χ3v) is 5.13. The molecule has 0 aromatic carbocycles. The van der Waals surface area contributed by atoms with Gasteiger partial charge < -0.3 is 0 Å². The molecule has 0 radical (unpaired) electrons. The largest absolute Gasteiger partial charge is 0.253 e. The highest BCUT2D eigenvalue weighted by atomic mass is 32.2. The number of hydrogen-bond acceptors (Lipinski definition) is 2. The van der Waals surface area contributed by atoms with Crippen LogP contribution in [0.25, 0.3) is 0 Å². The molecule has 0 spiro atoms. The zero-order valence-electron chi connectivity index (χ0n) is 9.46. The van der Waals surface area contributed by atoms with Crippen LogP contribution in [0.4, 0.5) is 0 Å². The second-order valence-corrected chi connectivity index (χ2v) is 7.17. The maximum atomic E-state index is 11.9. The predicted molar refractivity (Wildman–Crippen MR) is 59.5 cm³/mol. The minimum atomic E-state index is -2.35. The molecule has 0 saturated carbocycles. The summed E-state index contributed by atoms with van der Waals surface area (Å²) in [6.07, 6.45) is 0.902. The SMILES string of the molecule is CC(C)CC[S@@](=N)(=O)[C@@H](C)C(C)C. The van der Waals surface area contributed by atoms with Crippen LogP contribution in [0.1, 0.15) is 41.0 Å². The molecule has 0 aromatic rings. The third-order valence-electron chi connectivity index (χ3n) is 2.54. The first-order valence-electron chi connectivity index (χ1n) is 5.02. The van der Waals surface area contributed by atoms with E-state index in [1.54, 1.807) is 0 Å². The smallest absolute Gasteiger partial charge is 0.0470 e. The van der Waals surface area contributed by atoms with Crippen LogP contribution in [0, 0.1) is 16.6 Å². The lowest BCUT2D eigenvalue weighted by atomic mass is 10.1. The molecule has 0 aliphatic rings. The minimum Gasteiger partial charge on any atom is -0.253 e. The van der Waals surface area contributed by atoms with Crippen molar-refractivity contribution in [2.75, 3.05) is 5.75 Å². The van der Waals surface area contributed by atoms with Gasteiger partial charge in [0.2, 0.25) is 0 Å². The highest BCUT2D eigenvalue weighted by Crippen LogP contribution is 2.15. The van der Waals surface area contributed by atoms with E-state index >= 15 is 0 Å². The van der Waals surface area contributed by atoms with E-state index in [2.05, 4.69) is 13.8 Å². The lowest BCUT2D eigenvalue weighted by molar-refractivity contribution is 0.580. The molecule has 2 nitrogen and oxygen atoms in total. The van der Waals surface area contributed by atoms with Crippen LogP contribution >= 0.6 is 0 Å². The highest BCUT2D eigenvalue weighted by molar-refractivity contribution is 7.93. The van der Waals surface area contributed by atoms with Crippen molar-refractivity contribution in [3.8, 4) is 0 Å². The van der Waals surface area contributed by atoms with Crippen molar-refractivity contribution in [3.63, 3.8) is 0 Å². The Morgan fingerprint density at radius 3 is 1.92 bits per heavy atom. The summed E-state index contributed by atoms with van der Waals surface area (Å²) >= 11 is 0. The molecule has 3 heteroatoms. The van der Waals surface area contributed by atoms with Crippen LogP contribution in [0.5, 0.6) is 0 Å². The molecule has 0 unspecified atom stereocenters. The third kappa shape index (κ3) is 4.65. The first-order valence-corrected chi connectivity index (χ1v) is 6.81. The maximum Gasteiger partial charge on any atom is 0.0470 e. The van der Waals surface area contributed by atoms with E-state index < -0.39 is 9.73 Å². The zero-order chi connectivity index (χ0) is 10.6. The summed E-state index contributed by atoms with van der Waals surface area (Å²) in [5, 5.41) is 0.0197. The van der Waals surface area contributed by atoms with Crippen molar-refractivity contribution in [1.82, 2.24) is 0 Å². The van der Waals surface area contributed by atoms with Crippen molar-refractivity contribution in [3.05, 3.63) is 0 Å². The van der Waals surface area contributed by atoms with E-state index in [9.17, 15) is 4.21 Å². The van der Waals surface area contributed by atoms with Gasteiger partial charge >= 0.3 is 0 Å². The Labute approximate surface area is 83.1 Å². The van der Waals surface area contributed by atoms with Crippen LogP contribution in [-0.4, -0.2) is 15.2 Å². The highest BCUT2D eigenvalue weighted by Gasteiger charge is 2.19. The average molecular weight is 205 g/mol. The van der Waals surface area contributed by atoms with E-state index in [0.29, 0.717) is 17.6 Å². The van der Waals surface area contributed by atoms with Gasteiger partial charge in [-0.05, 0) is 25.2 Å². The molecule has 0 heterocycles. The molecule has 1 N–H and O–H groups in total. The molecule has 0 aromatic heterocycles. The molecule has 0 bridgehead atoms. The molecular weight excluding hydrogens is 182 g/mol. The number of rotatable bonds is 5. The van der Waals surface area contributed by atoms with E-state index in [4.69, 9.17) is 4.78 Å². The molecule has 13 heavy (non-hydrogen) atoms. The Morgan fingerprint density at radius 1 is 1.15 bits per heavy atom. The fraction of sp³-hybridized carbons (Fsp3) is 1.00. The van der Waals surface area contributed by atoms with Gasteiger partial charge in [-0.2, -0.15) is 0 Å². The molecule has 0 rings (SSSR count). The Balaban J connectivity index is 4.24. The van der Waals surface area contributed by atoms with E-state index in [-0.39, 0.29) is 5.25 Å². The molecule has 0 saturated heterocycles. The van der Waals surface area contributed by atoms with Gasteiger partial charge in [0.05, 0.1) is 0 Å². The van der Waals surface area contributed by atoms with Gasteiger partial charge in [0, 0.05) is 20.7 Å². The summed E-state index contributed by atoms with van der Waals surface area (Å²) in [6.45, 7) is 10.2. The molecule has 2 atom stereocenters. The minimum absolute atomic E-state index is 0.0197. The molecule has 0 fully saturated rings. The summed E-state index contributed by atoms with van der Waals surface area (Å²) < 4.78 is 19.7. The fourth-order valence-corrected chi connectivity index (χ4v) is 3.11. The van der Waals surface area contributed by atoms with Crippen molar-refractivity contribution >= 4 is 9.73 Å². The van der Waals surface area contributed by atoms with Gasteiger partial charge in [-0.25, -0.2) is 4.21 Å². The molecular formula is C10H23NOS. The lowest BCUT2D eigenvalue weighted by Crippen LogP contribution is -2.25. The van der Waals surface area contributed by atoms with Crippen molar-refractivity contribution in [2.24, 2.45) is 11.8 Å². The summed E-state index contributed by atoms with van der Waals surface area (Å²) in [5.74, 6) is 1.45. The van der Waals surface area contributed by atoms with E-state index in [0.717, 1.165) is 6.42 Å². The maximum absolute atomic E-state index is 11.9. The standard InChI is InChI=1S/C10H23NOS/c1-8(2)6-7-13(11,12)10(5)9(3)4/h8-11H,6-7H2,1-5H3/t10-,13+/m0/s1. The lowest BCUT2D eigenvalue weighted by Gasteiger charge is -2.19. The number of hydrogen-bond donors (Lipinski definition) is 1. The van der Waals surface area contributed by atoms with Gasteiger partial charge in [-0.3, -0.25) is 4.78 Å². The van der Waals surface area contributed by atoms with Gasteiger partial charge in [0.1, 0.15) is 0 Å². The van der Waals surface area contributed by atoms with Crippen LogP contribution < -0.4 is 0 Å². The van der Waals surface area contributed by atoms with Crippen molar-refractivity contribution in [1.29, 1.82) is 4.78 Å². The van der Waals surface area contributed by atoms with Crippen LogP contribution in [-0.2, 0) is 9.73 Å². The van der Waals surface area contributed by atoms with Crippen LogP contribution in [0.15, 0.2) is 0 Å². The van der Waals surface area contributed by atoms with Gasteiger partial charge in [-0.1, -0.05) is 27.7 Å². The summed E-state index contributed by atoms with van der Waals surface area (Å²) in [5.41, 5.74) is 0. The van der Waals surface area contributed by atoms with Crippen molar-refractivity contribution in [2.45, 2.75) is 46.3 Å². The molecule has 80 valence electrons. The Morgan fingerprint density at radius 2 is 1.62 bits per heavy atom. The van der Waals surface area contributed by atoms with Crippen molar-refractivity contribution < 1.29 is 4.21 Å².